The molecule has 33 heavy (non-hydrogen) atoms. The Bertz CT molecular complexity index is 1120. The SMILES string of the molecule is Cc1cc(C)c(CN2CCCN(c3ccc(NC(=O)Cc4ccccc4)cc3)C2=O)c(C)c1. The van der Waals surface area contributed by atoms with E-state index < -0.39 is 0 Å². The Hall–Kier alpha value is -3.60. The van der Waals surface area contributed by atoms with Gasteiger partial charge in [-0.3, -0.25) is 9.69 Å². The van der Waals surface area contributed by atoms with E-state index in [1.807, 2.05) is 64.4 Å². The van der Waals surface area contributed by atoms with Crippen LogP contribution in [0.3, 0.4) is 0 Å². The topological polar surface area (TPSA) is 52.6 Å². The van der Waals surface area contributed by atoms with Crippen molar-refractivity contribution in [2.24, 2.45) is 0 Å². The zero-order valence-electron chi connectivity index (χ0n) is 19.6. The molecule has 5 nitrogen and oxygen atoms in total. The summed E-state index contributed by atoms with van der Waals surface area (Å²) in [5.74, 6) is -0.0574. The number of hydrogen-bond acceptors (Lipinski definition) is 2. The molecule has 0 bridgehead atoms. The Morgan fingerprint density at radius 2 is 1.58 bits per heavy atom. The van der Waals surface area contributed by atoms with Crippen LogP contribution in [0.5, 0.6) is 0 Å². The van der Waals surface area contributed by atoms with E-state index in [2.05, 4.69) is 38.2 Å². The second kappa shape index (κ2) is 9.90. The summed E-state index contributed by atoms with van der Waals surface area (Å²) in [6.45, 7) is 8.42. The van der Waals surface area contributed by atoms with Gasteiger partial charge in [0.05, 0.1) is 6.42 Å². The van der Waals surface area contributed by atoms with Crippen molar-refractivity contribution in [2.45, 2.75) is 40.2 Å². The van der Waals surface area contributed by atoms with Crippen LogP contribution < -0.4 is 10.2 Å². The molecule has 1 aliphatic heterocycles. The molecule has 0 aromatic heterocycles. The zero-order chi connectivity index (χ0) is 23.4. The van der Waals surface area contributed by atoms with Gasteiger partial charge in [-0.05, 0) is 73.7 Å². The largest absolute Gasteiger partial charge is 0.326 e. The molecule has 0 atom stereocenters. The summed E-state index contributed by atoms with van der Waals surface area (Å²) in [5, 5.41) is 2.94. The fraction of sp³-hybridized carbons (Fsp3) is 0.286. The van der Waals surface area contributed by atoms with Gasteiger partial charge in [0.25, 0.3) is 0 Å². The van der Waals surface area contributed by atoms with E-state index in [1.165, 1.54) is 22.3 Å². The molecule has 0 saturated carbocycles. The minimum absolute atomic E-state index is 0.0292. The molecule has 1 saturated heterocycles. The molecule has 1 fully saturated rings. The summed E-state index contributed by atoms with van der Waals surface area (Å²) < 4.78 is 0. The molecule has 5 heteroatoms. The number of nitrogens with zero attached hydrogens (tertiary/aromatic N) is 2. The summed E-state index contributed by atoms with van der Waals surface area (Å²) in [5.41, 5.74) is 7.49. The number of carbonyl (C=O) groups is 2. The number of nitrogens with one attached hydrogen (secondary N) is 1. The average molecular weight is 442 g/mol. The third-order valence-corrected chi connectivity index (χ3v) is 6.17. The quantitative estimate of drug-likeness (QED) is 0.539. The molecule has 0 unspecified atom stereocenters. The minimum atomic E-state index is -0.0574. The van der Waals surface area contributed by atoms with Crippen molar-refractivity contribution >= 4 is 23.3 Å². The smallest absolute Gasteiger partial charge is 0.324 e. The number of urea groups is 1. The second-order valence-electron chi connectivity index (χ2n) is 8.84. The third kappa shape index (κ3) is 5.43. The van der Waals surface area contributed by atoms with Crippen LogP contribution >= 0.6 is 0 Å². The van der Waals surface area contributed by atoms with Crippen LogP contribution in [0.25, 0.3) is 0 Å². The molecule has 1 N–H and O–H groups in total. The van der Waals surface area contributed by atoms with Gasteiger partial charge in [-0.2, -0.15) is 0 Å². The number of hydrogen-bond donors (Lipinski definition) is 1. The Kier molecular flexibility index (Phi) is 6.78. The van der Waals surface area contributed by atoms with Crippen molar-refractivity contribution in [2.75, 3.05) is 23.3 Å². The van der Waals surface area contributed by atoms with Gasteiger partial charge in [0.2, 0.25) is 5.91 Å². The fourth-order valence-electron chi connectivity index (χ4n) is 4.53. The molecule has 3 aromatic carbocycles. The van der Waals surface area contributed by atoms with Crippen LogP contribution in [0.15, 0.2) is 66.7 Å². The van der Waals surface area contributed by atoms with Crippen LogP contribution in [-0.2, 0) is 17.8 Å². The number of anilines is 2. The molecular weight excluding hydrogens is 410 g/mol. The first kappa shape index (κ1) is 22.6. The molecule has 3 amide bonds. The lowest BCUT2D eigenvalue weighted by Crippen LogP contribution is -2.49. The maximum Gasteiger partial charge on any atom is 0.324 e. The van der Waals surface area contributed by atoms with Gasteiger partial charge < -0.3 is 10.2 Å². The highest BCUT2D eigenvalue weighted by Gasteiger charge is 2.27. The number of carbonyl (C=O) groups excluding carboxylic acids is 2. The summed E-state index contributed by atoms with van der Waals surface area (Å²) in [7, 11) is 0. The van der Waals surface area contributed by atoms with E-state index >= 15 is 0 Å². The number of aryl methyl sites for hydroxylation is 3. The summed E-state index contributed by atoms with van der Waals surface area (Å²) in [4.78, 5) is 29.4. The monoisotopic (exact) mass is 441 g/mol. The van der Waals surface area contributed by atoms with Gasteiger partial charge in [-0.25, -0.2) is 4.79 Å². The van der Waals surface area contributed by atoms with Crippen LogP contribution in [0, 0.1) is 20.8 Å². The van der Waals surface area contributed by atoms with E-state index in [0.717, 1.165) is 29.9 Å². The highest BCUT2D eigenvalue weighted by Crippen LogP contribution is 2.25. The first-order chi connectivity index (χ1) is 15.9. The lowest BCUT2D eigenvalue weighted by Gasteiger charge is -2.36. The van der Waals surface area contributed by atoms with Crippen molar-refractivity contribution in [3.8, 4) is 0 Å². The number of rotatable bonds is 6. The van der Waals surface area contributed by atoms with Crippen molar-refractivity contribution in [1.82, 2.24) is 4.90 Å². The fourth-order valence-corrected chi connectivity index (χ4v) is 4.53. The first-order valence-corrected chi connectivity index (χ1v) is 11.5. The van der Waals surface area contributed by atoms with Gasteiger partial charge in [0, 0.05) is 31.0 Å². The molecule has 0 spiro atoms. The van der Waals surface area contributed by atoms with Gasteiger partial charge in [-0.1, -0.05) is 48.0 Å². The zero-order valence-corrected chi connectivity index (χ0v) is 19.6. The van der Waals surface area contributed by atoms with E-state index in [4.69, 9.17) is 0 Å². The molecule has 0 radical (unpaired) electrons. The molecule has 170 valence electrons. The third-order valence-electron chi connectivity index (χ3n) is 6.17. The predicted octanol–water partition coefficient (Wildman–Crippen LogP) is 5.63. The summed E-state index contributed by atoms with van der Waals surface area (Å²) >= 11 is 0. The van der Waals surface area contributed by atoms with Crippen LogP contribution in [0.1, 0.15) is 34.2 Å². The van der Waals surface area contributed by atoms with Crippen LogP contribution in [0.2, 0.25) is 0 Å². The molecule has 3 aromatic rings. The first-order valence-electron chi connectivity index (χ1n) is 11.5. The van der Waals surface area contributed by atoms with Gasteiger partial charge in [-0.15, -0.1) is 0 Å². The Morgan fingerprint density at radius 1 is 0.909 bits per heavy atom. The lowest BCUT2D eigenvalue weighted by molar-refractivity contribution is -0.115. The second-order valence-corrected chi connectivity index (χ2v) is 8.84. The van der Waals surface area contributed by atoms with Crippen LogP contribution in [-0.4, -0.2) is 29.9 Å². The normalized spacial score (nSPS) is 13.8. The van der Waals surface area contributed by atoms with Gasteiger partial charge in [0.15, 0.2) is 0 Å². The number of amides is 3. The van der Waals surface area contributed by atoms with E-state index in [9.17, 15) is 9.59 Å². The maximum atomic E-state index is 13.3. The van der Waals surface area contributed by atoms with E-state index in [0.29, 0.717) is 19.5 Å². The number of benzene rings is 3. The van der Waals surface area contributed by atoms with Crippen molar-refractivity contribution in [3.05, 3.63) is 94.5 Å². The van der Waals surface area contributed by atoms with Gasteiger partial charge >= 0.3 is 6.03 Å². The molecular formula is C28H31N3O2. The summed E-state index contributed by atoms with van der Waals surface area (Å²) in [6, 6.07) is 21.6. The van der Waals surface area contributed by atoms with Crippen LogP contribution in [0.4, 0.5) is 16.2 Å². The van der Waals surface area contributed by atoms with Crippen molar-refractivity contribution in [1.29, 1.82) is 0 Å². The average Bonchev–Trinajstić information content (AvgIpc) is 2.78. The highest BCUT2D eigenvalue weighted by molar-refractivity contribution is 5.94. The Labute approximate surface area is 196 Å². The Morgan fingerprint density at radius 3 is 2.24 bits per heavy atom. The van der Waals surface area contributed by atoms with Crippen molar-refractivity contribution in [3.63, 3.8) is 0 Å². The lowest BCUT2D eigenvalue weighted by atomic mass is 9.99. The predicted molar refractivity (Wildman–Crippen MR) is 134 cm³/mol. The van der Waals surface area contributed by atoms with E-state index in [-0.39, 0.29) is 11.9 Å². The highest BCUT2D eigenvalue weighted by atomic mass is 16.2. The van der Waals surface area contributed by atoms with E-state index in [1.54, 1.807) is 0 Å². The molecule has 1 aliphatic rings. The Balaban J connectivity index is 1.41. The molecule has 0 aliphatic carbocycles. The van der Waals surface area contributed by atoms with Gasteiger partial charge in [0.1, 0.15) is 0 Å². The standard InChI is InChI=1S/C28H31N3O2/c1-20-16-21(2)26(22(3)17-20)19-30-14-7-15-31(28(30)33)25-12-10-24(11-13-25)29-27(32)18-23-8-5-4-6-9-23/h4-6,8-13,16-17H,7,14-15,18-19H2,1-3H3,(H,29,32). The molecule has 4 rings (SSSR count). The summed E-state index contributed by atoms with van der Waals surface area (Å²) in [6.07, 6.45) is 1.26. The maximum absolute atomic E-state index is 13.3. The van der Waals surface area contributed by atoms with Crippen molar-refractivity contribution < 1.29 is 9.59 Å². The molecule has 1 heterocycles. The minimum Gasteiger partial charge on any atom is -0.326 e.